The molecule has 0 saturated heterocycles. The van der Waals surface area contributed by atoms with Crippen LogP contribution in [-0.4, -0.2) is 26.8 Å². The Labute approximate surface area is 115 Å². The fourth-order valence-electron chi connectivity index (χ4n) is 2.55. The molecule has 20 heavy (non-hydrogen) atoms. The Morgan fingerprint density at radius 1 is 1.25 bits per heavy atom. The maximum Gasteiger partial charge on any atom is 0.160 e. The normalized spacial score (nSPS) is 17.9. The third-order valence-corrected chi connectivity index (χ3v) is 3.53. The van der Waals surface area contributed by atoms with Crippen LogP contribution in [0.25, 0.3) is 11.0 Å². The summed E-state index contributed by atoms with van der Waals surface area (Å²) in [5, 5.41) is 11.2. The molecule has 4 rings (SSSR count). The van der Waals surface area contributed by atoms with E-state index in [1.807, 2.05) is 12.1 Å². The molecule has 0 aliphatic carbocycles. The number of nitrogens with zero attached hydrogens (tertiary/aromatic N) is 3. The molecular weight excluding hydrogens is 254 g/mol. The first-order valence-electron chi connectivity index (χ1n) is 6.48. The topological polar surface area (TPSA) is 75.7 Å². The molecule has 0 bridgehead atoms. The van der Waals surface area contributed by atoms with Gasteiger partial charge in [0.2, 0.25) is 0 Å². The fourth-order valence-corrected chi connectivity index (χ4v) is 2.55. The Morgan fingerprint density at radius 3 is 3.20 bits per heavy atom. The highest BCUT2D eigenvalue weighted by molar-refractivity contribution is 5.85. The van der Waals surface area contributed by atoms with E-state index in [9.17, 15) is 0 Å². The molecule has 1 aliphatic heterocycles. The Morgan fingerprint density at radius 2 is 2.20 bits per heavy atom. The van der Waals surface area contributed by atoms with Gasteiger partial charge in [0.25, 0.3) is 0 Å². The summed E-state index contributed by atoms with van der Waals surface area (Å²) in [7, 11) is 0. The molecule has 100 valence electrons. The summed E-state index contributed by atoms with van der Waals surface area (Å²) in [6, 6.07) is 8.39. The second-order valence-electron chi connectivity index (χ2n) is 4.77. The molecule has 1 atom stereocenters. The number of benzene rings is 1. The van der Waals surface area contributed by atoms with Gasteiger partial charge in [-0.2, -0.15) is 5.10 Å². The number of H-pyrrole nitrogens is 1. The summed E-state index contributed by atoms with van der Waals surface area (Å²) in [4.78, 5) is 8.45. The minimum atomic E-state index is 0.0907. The SMILES string of the molecule is c1ccc2c(c1)COCC2Nc1ncnc2[nH]ncc12. The van der Waals surface area contributed by atoms with Gasteiger partial charge in [-0.05, 0) is 11.1 Å². The lowest BCUT2D eigenvalue weighted by Crippen LogP contribution is -2.23. The summed E-state index contributed by atoms with van der Waals surface area (Å²) < 4.78 is 5.64. The predicted molar refractivity (Wildman–Crippen MR) is 74.1 cm³/mol. The van der Waals surface area contributed by atoms with E-state index in [1.54, 1.807) is 6.20 Å². The molecule has 6 nitrogen and oxygen atoms in total. The molecule has 0 saturated carbocycles. The summed E-state index contributed by atoms with van der Waals surface area (Å²) in [5.41, 5.74) is 3.20. The van der Waals surface area contributed by atoms with Crippen molar-refractivity contribution in [2.24, 2.45) is 0 Å². The molecule has 0 radical (unpaired) electrons. The number of aromatic nitrogens is 4. The molecular formula is C14H13N5O. The van der Waals surface area contributed by atoms with Crippen LogP contribution < -0.4 is 5.32 Å². The fraction of sp³-hybridized carbons (Fsp3) is 0.214. The first-order valence-corrected chi connectivity index (χ1v) is 6.48. The molecule has 0 spiro atoms. The maximum absolute atomic E-state index is 5.64. The number of hydrogen-bond acceptors (Lipinski definition) is 5. The highest BCUT2D eigenvalue weighted by Gasteiger charge is 2.21. The van der Waals surface area contributed by atoms with Crippen LogP contribution in [-0.2, 0) is 11.3 Å². The molecule has 3 heterocycles. The minimum Gasteiger partial charge on any atom is -0.374 e. The lowest BCUT2D eigenvalue weighted by Gasteiger charge is -2.26. The molecule has 2 N–H and O–H groups in total. The molecule has 0 amide bonds. The van der Waals surface area contributed by atoms with Crippen LogP contribution in [0, 0.1) is 0 Å². The van der Waals surface area contributed by atoms with Gasteiger partial charge in [-0.25, -0.2) is 9.97 Å². The summed E-state index contributed by atoms with van der Waals surface area (Å²) in [5.74, 6) is 0.772. The number of rotatable bonds is 2. The molecule has 2 aromatic heterocycles. The van der Waals surface area contributed by atoms with Gasteiger partial charge in [0.1, 0.15) is 12.1 Å². The van der Waals surface area contributed by atoms with E-state index in [1.165, 1.54) is 17.5 Å². The van der Waals surface area contributed by atoms with E-state index < -0.39 is 0 Å². The maximum atomic E-state index is 5.64. The molecule has 6 heteroatoms. The van der Waals surface area contributed by atoms with Crippen molar-refractivity contribution in [2.75, 3.05) is 11.9 Å². The first-order chi connectivity index (χ1) is 9.92. The summed E-state index contributed by atoms with van der Waals surface area (Å²) >= 11 is 0. The van der Waals surface area contributed by atoms with Crippen molar-refractivity contribution in [2.45, 2.75) is 12.6 Å². The van der Waals surface area contributed by atoms with Gasteiger partial charge >= 0.3 is 0 Å². The Hall–Kier alpha value is -2.47. The molecule has 1 aliphatic rings. The van der Waals surface area contributed by atoms with Gasteiger partial charge in [0.15, 0.2) is 5.65 Å². The number of aromatic amines is 1. The number of nitrogens with one attached hydrogen (secondary N) is 2. The van der Waals surface area contributed by atoms with Gasteiger partial charge in [0, 0.05) is 0 Å². The number of hydrogen-bond donors (Lipinski definition) is 2. The zero-order valence-electron chi connectivity index (χ0n) is 10.7. The number of anilines is 1. The molecule has 3 aromatic rings. The van der Waals surface area contributed by atoms with Crippen LogP contribution in [0.5, 0.6) is 0 Å². The quantitative estimate of drug-likeness (QED) is 0.743. The lowest BCUT2D eigenvalue weighted by molar-refractivity contribution is 0.0969. The van der Waals surface area contributed by atoms with Gasteiger partial charge in [-0.1, -0.05) is 24.3 Å². The number of ether oxygens (including phenoxy) is 1. The number of fused-ring (bicyclic) bond motifs is 2. The largest absolute Gasteiger partial charge is 0.374 e. The van der Waals surface area contributed by atoms with Gasteiger partial charge in [0.05, 0.1) is 30.8 Å². The standard InChI is InChI=1S/C14H13N5O/c1-2-4-10-9(3-1)6-20-7-12(10)18-13-11-5-17-19-14(11)16-8-15-13/h1-5,8,12H,6-7H2,(H2,15,16,17,18,19). The Bertz CT molecular complexity index is 754. The third kappa shape index (κ3) is 1.81. The molecule has 1 unspecified atom stereocenters. The van der Waals surface area contributed by atoms with Crippen LogP contribution in [0.3, 0.4) is 0 Å². The van der Waals surface area contributed by atoms with Crippen LogP contribution in [0.1, 0.15) is 17.2 Å². The highest BCUT2D eigenvalue weighted by atomic mass is 16.5. The monoisotopic (exact) mass is 267 g/mol. The van der Waals surface area contributed by atoms with Crippen LogP contribution in [0.2, 0.25) is 0 Å². The minimum absolute atomic E-state index is 0.0907. The van der Waals surface area contributed by atoms with Crippen molar-refractivity contribution in [1.29, 1.82) is 0 Å². The van der Waals surface area contributed by atoms with Crippen molar-refractivity contribution in [1.82, 2.24) is 20.2 Å². The summed E-state index contributed by atoms with van der Waals surface area (Å²) in [6.45, 7) is 1.29. The second-order valence-corrected chi connectivity index (χ2v) is 4.77. The zero-order valence-corrected chi connectivity index (χ0v) is 10.7. The van der Waals surface area contributed by atoms with Gasteiger partial charge in [-0.3, -0.25) is 5.10 Å². The van der Waals surface area contributed by atoms with Crippen molar-refractivity contribution < 1.29 is 4.74 Å². The smallest absolute Gasteiger partial charge is 0.160 e. The van der Waals surface area contributed by atoms with Crippen molar-refractivity contribution in [3.05, 3.63) is 47.9 Å². The van der Waals surface area contributed by atoms with Crippen molar-refractivity contribution >= 4 is 16.9 Å². The van der Waals surface area contributed by atoms with Crippen LogP contribution in [0.15, 0.2) is 36.8 Å². The Kier molecular flexibility index (Phi) is 2.60. The van der Waals surface area contributed by atoms with Crippen molar-refractivity contribution in [3.8, 4) is 0 Å². The van der Waals surface area contributed by atoms with E-state index in [0.29, 0.717) is 13.2 Å². The second kappa shape index (κ2) is 4.57. The van der Waals surface area contributed by atoms with E-state index in [-0.39, 0.29) is 6.04 Å². The highest BCUT2D eigenvalue weighted by Crippen LogP contribution is 2.28. The van der Waals surface area contributed by atoms with Crippen LogP contribution in [0.4, 0.5) is 5.82 Å². The molecule has 1 aromatic carbocycles. The predicted octanol–water partition coefficient (Wildman–Crippen LogP) is 2.04. The van der Waals surface area contributed by atoms with Crippen LogP contribution >= 0.6 is 0 Å². The average Bonchev–Trinajstić information content (AvgIpc) is 2.97. The Balaban J connectivity index is 1.72. The van der Waals surface area contributed by atoms with E-state index in [2.05, 4.69) is 37.6 Å². The lowest BCUT2D eigenvalue weighted by atomic mass is 9.99. The van der Waals surface area contributed by atoms with E-state index in [4.69, 9.17) is 4.74 Å². The van der Waals surface area contributed by atoms with Crippen molar-refractivity contribution in [3.63, 3.8) is 0 Å². The molecule has 0 fully saturated rings. The zero-order chi connectivity index (χ0) is 13.4. The van der Waals surface area contributed by atoms with Gasteiger partial charge < -0.3 is 10.1 Å². The van der Waals surface area contributed by atoms with Gasteiger partial charge in [-0.15, -0.1) is 0 Å². The first kappa shape index (κ1) is 11.4. The van der Waals surface area contributed by atoms with E-state index >= 15 is 0 Å². The third-order valence-electron chi connectivity index (χ3n) is 3.53. The van der Waals surface area contributed by atoms with E-state index in [0.717, 1.165) is 16.9 Å². The summed E-state index contributed by atoms with van der Waals surface area (Å²) in [6.07, 6.45) is 3.26. The average molecular weight is 267 g/mol.